The molecule has 0 bridgehead atoms. The van der Waals surface area contributed by atoms with Crippen LogP contribution < -0.4 is 31.9 Å². The fraction of sp³-hybridized carbons (Fsp3) is 0.500. The lowest BCUT2D eigenvalue weighted by Gasteiger charge is -2.37. The van der Waals surface area contributed by atoms with E-state index < -0.39 is 0 Å². The quantitative estimate of drug-likeness (QED) is 0.451. The Kier molecular flexibility index (Phi) is 6.61. The minimum Gasteiger partial charge on any atom is -0.314 e. The van der Waals surface area contributed by atoms with Crippen molar-refractivity contribution in [1.29, 1.82) is 0 Å². The Hall–Kier alpha value is -2.19. The lowest BCUT2D eigenvalue weighted by atomic mass is 10.1. The summed E-state index contributed by atoms with van der Waals surface area (Å²) >= 11 is 0. The summed E-state index contributed by atoms with van der Waals surface area (Å²) in [5.74, 6) is 0. The summed E-state index contributed by atoms with van der Waals surface area (Å²) in [6, 6.07) is 14.8. The Labute approximate surface area is 172 Å². The number of carbonyl (C=O) groups excluding carboxylic acids is 1. The van der Waals surface area contributed by atoms with Gasteiger partial charge in [0.25, 0.3) is 0 Å². The molecule has 0 aromatic heterocycles. The summed E-state index contributed by atoms with van der Waals surface area (Å²) in [4.78, 5) is 12.5. The van der Waals surface area contributed by atoms with Crippen molar-refractivity contribution in [2.75, 3.05) is 18.4 Å². The van der Waals surface area contributed by atoms with Crippen LogP contribution in [0.3, 0.4) is 0 Å². The monoisotopic (exact) mass is 396 g/mol. The zero-order valence-electron chi connectivity index (χ0n) is 17.0. The van der Waals surface area contributed by atoms with E-state index in [1.807, 2.05) is 36.4 Å². The maximum absolute atomic E-state index is 12.5. The minimum atomic E-state index is -0.277. The van der Waals surface area contributed by atoms with Crippen LogP contribution in [0, 0.1) is 0 Å². The third-order valence-electron chi connectivity index (χ3n) is 5.74. The number of fused-ring (bicyclic) bond motifs is 1. The van der Waals surface area contributed by atoms with E-state index in [1.165, 1.54) is 12.8 Å². The Morgan fingerprint density at radius 1 is 1.14 bits per heavy atom. The fourth-order valence-corrected chi connectivity index (χ4v) is 4.25. The van der Waals surface area contributed by atoms with Crippen LogP contribution in [-0.2, 0) is 0 Å². The first kappa shape index (κ1) is 20.1. The lowest BCUT2D eigenvalue weighted by molar-refractivity contribution is 0.193. The van der Waals surface area contributed by atoms with E-state index in [2.05, 4.69) is 44.9 Å². The highest BCUT2D eigenvalue weighted by atomic mass is 16.2. The highest BCUT2D eigenvalue weighted by Crippen LogP contribution is 2.18. The number of hydrogen-bond donors (Lipinski definition) is 6. The summed E-state index contributed by atoms with van der Waals surface area (Å²) in [6.45, 7) is 4.26. The van der Waals surface area contributed by atoms with Gasteiger partial charge in [0, 0.05) is 17.8 Å². The molecule has 4 unspecified atom stereocenters. The third kappa shape index (κ3) is 5.67. The van der Waals surface area contributed by atoms with Gasteiger partial charge in [0.2, 0.25) is 0 Å². The average Bonchev–Trinajstić information content (AvgIpc) is 3.21. The molecule has 0 aliphatic carbocycles. The fourth-order valence-electron chi connectivity index (χ4n) is 4.25. The minimum absolute atomic E-state index is 0.179. The van der Waals surface area contributed by atoms with Gasteiger partial charge in [-0.15, -0.1) is 0 Å². The van der Waals surface area contributed by atoms with Gasteiger partial charge in [-0.05, 0) is 68.6 Å². The SMILES string of the molecule is CC1CC(NCCC2CCCN2)NC(NC(=O)Nc2ccc3ccccc3c2)N1. The second-order valence-electron chi connectivity index (χ2n) is 8.15. The van der Waals surface area contributed by atoms with Crippen molar-refractivity contribution in [3.8, 4) is 0 Å². The van der Waals surface area contributed by atoms with Gasteiger partial charge in [0.1, 0.15) is 6.29 Å². The first-order chi connectivity index (χ1) is 14.2. The van der Waals surface area contributed by atoms with Crippen LogP contribution >= 0.6 is 0 Å². The number of anilines is 1. The predicted octanol–water partition coefficient (Wildman–Crippen LogP) is 2.27. The Morgan fingerprint density at radius 3 is 2.83 bits per heavy atom. The number of nitrogens with one attached hydrogen (secondary N) is 6. The van der Waals surface area contributed by atoms with Gasteiger partial charge in [-0.3, -0.25) is 10.6 Å². The van der Waals surface area contributed by atoms with Crippen LogP contribution in [0.2, 0.25) is 0 Å². The maximum Gasteiger partial charge on any atom is 0.321 e. The standard InChI is InChI=1S/C22H32N6O/c1-15-13-20(24-12-10-18-7-4-11-23-18)27-21(25-15)28-22(29)26-19-9-8-16-5-2-3-6-17(16)14-19/h2-3,5-6,8-9,14-15,18,20-21,23-25,27H,4,7,10-13H2,1H3,(H2,26,28,29). The first-order valence-corrected chi connectivity index (χ1v) is 10.7. The molecule has 156 valence electrons. The Bertz CT molecular complexity index is 822. The van der Waals surface area contributed by atoms with Crippen molar-refractivity contribution in [1.82, 2.24) is 26.6 Å². The van der Waals surface area contributed by atoms with Crippen molar-refractivity contribution < 1.29 is 4.79 Å². The largest absolute Gasteiger partial charge is 0.321 e. The lowest BCUT2D eigenvalue weighted by Crippen LogP contribution is -2.67. The van der Waals surface area contributed by atoms with Crippen molar-refractivity contribution >= 4 is 22.5 Å². The van der Waals surface area contributed by atoms with Gasteiger partial charge >= 0.3 is 6.03 Å². The zero-order chi connectivity index (χ0) is 20.1. The van der Waals surface area contributed by atoms with Crippen LogP contribution in [0.25, 0.3) is 10.8 Å². The maximum atomic E-state index is 12.5. The molecule has 4 atom stereocenters. The Balaban J connectivity index is 1.26. The van der Waals surface area contributed by atoms with Gasteiger partial charge in [-0.2, -0.15) is 0 Å². The molecule has 29 heavy (non-hydrogen) atoms. The summed E-state index contributed by atoms with van der Waals surface area (Å²) in [5, 5.41) is 22.1. The molecule has 0 saturated carbocycles. The number of rotatable bonds is 6. The van der Waals surface area contributed by atoms with Crippen molar-refractivity contribution in [3.63, 3.8) is 0 Å². The molecule has 2 amide bonds. The van der Waals surface area contributed by atoms with Gasteiger partial charge in [0.05, 0.1) is 6.17 Å². The van der Waals surface area contributed by atoms with E-state index in [1.54, 1.807) is 0 Å². The highest BCUT2D eigenvalue weighted by Gasteiger charge is 2.26. The number of hydrogen-bond acceptors (Lipinski definition) is 5. The molecule has 2 aromatic carbocycles. The Morgan fingerprint density at radius 2 is 2.00 bits per heavy atom. The van der Waals surface area contributed by atoms with E-state index >= 15 is 0 Å². The summed E-state index contributed by atoms with van der Waals surface area (Å²) in [5.41, 5.74) is 0.781. The summed E-state index contributed by atoms with van der Waals surface area (Å²) in [7, 11) is 0. The number of urea groups is 1. The molecule has 2 aliphatic rings. The van der Waals surface area contributed by atoms with E-state index in [4.69, 9.17) is 0 Å². The molecular formula is C22H32N6O. The molecule has 4 rings (SSSR count). The topological polar surface area (TPSA) is 89.2 Å². The number of benzene rings is 2. The molecule has 7 nitrogen and oxygen atoms in total. The molecule has 0 radical (unpaired) electrons. The van der Waals surface area contributed by atoms with Crippen molar-refractivity contribution in [2.24, 2.45) is 0 Å². The van der Waals surface area contributed by atoms with Crippen LogP contribution in [0.1, 0.15) is 32.6 Å². The van der Waals surface area contributed by atoms with Gasteiger partial charge < -0.3 is 21.3 Å². The highest BCUT2D eigenvalue weighted by molar-refractivity contribution is 5.93. The molecular weight excluding hydrogens is 364 g/mol. The summed E-state index contributed by atoms with van der Waals surface area (Å²) < 4.78 is 0. The molecule has 2 saturated heterocycles. The smallest absolute Gasteiger partial charge is 0.314 e. The van der Waals surface area contributed by atoms with Crippen molar-refractivity contribution in [2.45, 2.75) is 57.1 Å². The van der Waals surface area contributed by atoms with Gasteiger partial charge in [-0.25, -0.2) is 4.79 Å². The molecule has 2 aromatic rings. The molecule has 2 aliphatic heterocycles. The van der Waals surface area contributed by atoms with Crippen LogP contribution in [0.5, 0.6) is 0 Å². The molecule has 0 spiro atoms. The van der Waals surface area contributed by atoms with E-state index in [-0.39, 0.29) is 18.5 Å². The molecule has 6 N–H and O–H groups in total. The average molecular weight is 397 g/mol. The van der Waals surface area contributed by atoms with Gasteiger partial charge in [0.15, 0.2) is 0 Å². The number of amides is 2. The van der Waals surface area contributed by atoms with Gasteiger partial charge in [-0.1, -0.05) is 30.3 Å². The van der Waals surface area contributed by atoms with Crippen LogP contribution in [0.15, 0.2) is 42.5 Å². The molecule has 7 heteroatoms. The molecule has 2 heterocycles. The van der Waals surface area contributed by atoms with E-state index in [9.17, 15) is 4.79 Å². The van der Waals surface area contributed by atoms with Crippen LogP contribution in [-0.4, -0.2) is 43.7 Å². The van der Waals surface area contributed by atoms with Crippen LogP contribution in [0.4, 0.5) is 10.5 Å². The second-order valence-corrected chi connectivity index (χ2v) is 8.15. The first-order valence-electron chi connectivity index (χ1n) is 10.7. The molecule has 2 fully saturated rings. The third-order valence-corrected chi connectivity index (χ3v) is 5.74. The normalized spacial score (nSPS) is 27.1. The van der Waals surface area contributed by atoms with E-state index in [0.29, 0.717) is 12.1 Å². The second kappa shape index (κ2) is 9.54. The summed E-state index contributed by atoms with van der Waals surface area (Å²) in [6.07, 6.45) is 4.57. The van der Waals surface area contributed by atoms with E-state index in [0.717, 1.165) is 42.4 Å². The predicted molar refractivity (Wildman–Crippen MR) is 118 cm³/mol. The number of carbonyl (C=O) groups is 1. The zero-order valence-corrected chi connectivity index (χ0v) is 17.0. The van der Waals surface area contributed by atoms with Crippen molar-refractivity contribution in [3.05, 3.63) is 42.5 Å².